The number of nitrogens with one attached hydrogen (secondary N) is 3. The van der Waals surface area contributed by atoms with Crippen LogP contribution in [0.2, 0.25) is 5.02 Å². The van der Waals surface area contributed by atoms with E-state index in [0.717, 1.165) is 38.9 Å². The highest BCUT2D eigenvalue weighted by atomic mass is 35.5. The SMILES string of the molecule is C=C1CCC(n2ncc3ccc(NCCOCCOCCOCCOc4ccc(NC(=O)C[C@@H]5N=C(c6ccc(Cl)cc6)c6c(sc(C)c6C)-n6c(C)nnc65)cc4)cc3c2=O)C(=O)N1. The average Bonchev–Trinajstić information content (AvgIpc) is 3.77. The Morgan fingerprint density at radius 2 is 1.62 bits per heavy atom. The predicted octanol–water partition coefficient (Wildman–Crippen LogP) is 7.04. The summed E-state index contributed by atoms with van der Waals surface area (Å²) in [6.45, 7) is 13.3. The van der Waals surface area contributed by atoms with Crippen LogP contribution in [0, 0.1) is 20.8 Å². The lowest BCUT2D eigenvalue weighted by atomic mass is 9.99. The third kappa shape index (κ3) is 10.7. The fourth-order valence-corrected chi connectivity index (χ4v) is 9.00. The number of anilines is 2. The van der Waals surface area contributed by atoms with Crippen LogP contribution in [0.25, 0.3) is 15.8 Å². The number of piperidine rings is 1. The Morgan fingerprint density at radius 3 is 2.35 bits per heavy atom. The monoisotopic (exact) mass is 919 g/mol. The molecule has 338 valence electrons. The maximum absolute atomic E-state index is 13.5. The van der Waals surface area contributed by atoms with Gasteiger partial charge in [-0.3, -0.25) is 23.9 Å². The second-order valence-electron chi connectivity index (χ2n) is 15.6. The summed E-state index contributed by atoms with van der Waals surface area (Å²) in [6, 6.07) is 19.0. The van der Waals surface area contributed by atoms with Crippen molar-refractivity contribution in [3.05, 3.63) is 134 Å². The minimum absolute atomic E-state index is 0.0622. The van der Waals surface area contributed by atoms with Gasteiger partial charge in [0, 0.05) is 50.0 Å². The molecule has 3 aromatic heterocycles. The molecule has 5 heterocycles. The molecule has 0 spiro atoms. The number of fused-ring (bicyclic) bond motifs is 4. The zero-order chi connectivity index (χ0) is 45.5. The molecule has 0 saturated carbocycles. The summed E-state index contributed by atoms with van der Waals surface area (Å²) in [5, 5.41) is 24.9. The minimum Gasteiger partial charge on any atom is -0.491 e. The Kier molecular flexibility index (Phi) is 14.5. The number of aliphatic imine (C=N–C) groups is 1. The van der Waals surface area contributed by atoms with Crippen LogP contribution in [-0.4, -0.2) is 94.9 Å². The van der Waals surface area contributed by atoms with E-state index >= 15 is 0 Å². The highest BCUT2D eigenvalue weighted by Crippen LogP contribution is 2.40. The van der Waals surface area contributed by atoms with Crippen molar-refractivity contribution in [1.82, 2.24) is 29.9 Å². The van der Waals surface area contributed by atoms with Crippen molar-refractivity contribution in [2.24, 2.45) is 4.99 Å². The van der Waals surface area contributed by atoms with Crippen molar-refractivity contribution < 1.29 is 28.5 Å². The molecular formula is C47H50ClN9O7S. The van der Waals surface area contributed by atoms with Gasteiger partial charge in [0.05, 0.1) is 63.4 Å². The van der Waals surface area contributed by atoms with Gasteiger partial charge in [0.1, 0.15) is 35.3 Å². The molecule has 16 nitrogen and oxygen atoms in total. The van der Waals surface area contributed by atoms with Crippen molar-refractivity contribution in [1.29, 1.82) is 0 Å². The summed E-state index contributed by atoms with van der Waals surface area (Å²) >= 11 is 7.91. The van der Waals surface area contributed by atoms with Crippen LogP contribution >= 0.6 is 22.9 Å². The van der Waals surface area contributed by atoms with Gasteiger partial charge in [-0.1, -0.05) is 36.4 Å². The van der Waals surface area contributed by atoms with E-state index in [0.29, 0.717) is 104 Å². The molecule has 2 atom stereocenters. The average molecular weight is 920 g/mol. The summed E-state index contributed by atoms with van der Waals surface area (Å²) in [5.41, 5.74) is 5.57. The van der Waals surface area contributed by atoms with E-state index in [1.807, 2.05) is 47.9 Å². The minimum atomic E-state index is -0.663. The van der Waals surface area contributed by atoms with Crippen molar-refractivity contribution in [3.8, 4) is 10.8 Å². The van der Waals surface area contributed by atoms with E-state index < -0.39 is 12.1 Å². The first-order valence-electron chi connectivity index (χ1n) is 21.4. The van der Waals surface area contributed by atoms with Crippen molar-refractivity contribution in [2.75, 3.05) is 63.4 Å². The first-order valence-corrected chi connectivity index (χ1v) is 22.6. The number of hydrogen-bond acceptors (Lipinski definition) is 13. The van der Waals surface area contributed by atoms with Gasteiger partial charge in [-0.05, 0) is 87.7 Å². The molecule has 0 bridgehead atoms. The number of amides is 2. The molecule has 3 aromatic carbocycles. The second-order valence-corrected chi connectivity index (χ2v) is 17.3. The maximum atomic E-state index is 13.5. The van der Waals surface area contributed by atoms with E-state index in [9.17, 15) is 14.4 Å². The number of carbonyl (C=O) groups excluding carboxylic acids is 2. The molecule has 65 heavy (non-hydrogen) atoms. The summed E-state index contributed by atoms with van der Waals surface area (Å²) in [5.74, 6) is 1.51. The number of aromatic nitrogens is 5. The van der Waals surface area contributed by atoms with Crippen LogP contribution in [0.5, 0.6) is 5.75 Å². The number of aryl methyl sites for hydroxylation is 2. The third-order valence-corrected chi connectivity index (χ3v) is 12.6. The highest BCUT2D eigenvalue weighted by molar-refractivity contribution is 7.15. The molecule has 0 radical (unpaired) electrons. The first-order chi connectivity index (χ1) is 31.5. The molecule has 2 amide bonds. The number of nitrogens with zero attached hydrogens (tertiary/aromatic N) is 6. The zero-order valence-corrected chi connectivity index (χ0v) is 38.0. The topological polar surface area (TPSA) is 185 Å². The lowest BCUT2D eigenvalue weighted by molar-refractivity contribution is -0.125. The molecule has 18 heteroatoms. The van der Waals surface area contributed by atoms with Crippen LogP contribution in [0.15, 0.2) is 95.0 Å². The molecule has 3 N–H and O–H groups in total. The number of rotatable bonds is 19. The number of hydrogen-bond donors (Lipinski definition) is 3. The number of thiophene rings is 1. The Labute approximate surface area is 384 Å². The fraction of sp³-hybridized carbons (Fsp3) is 0.340. The molecule has 2 aliphatic heterocycles. The van der Waals surface area contributed by atoms with Crippen LogP contribution in [0.1, 0.15) is 64.6 Å². The number of allylic oxidation sites excluding steroid dienone is 1. The van der Waals surface area contributed by atoms with Crippen LogP contribution in [0.3, 0.4) is 0 Å². The highest BCUT2D eigenvalue weighted by Gasteiger charge is 2.33. The molecule has 6 aromatic rings. The van der Waals surface area contributed by atoms with E-state index in [4.69, 9.17) is 35.5 Å². The van der Waals surface area contributed by atoms with Gasteiger partial charge >= 0.3 is 0 Å². The van der Waals surface area contributed by atoms with Crippen LogP contribution in [0.4, 0.5) is 11.4 Å². The molecule has 2 aliphatic rings. The van der Waals surface area contributed by atoms with Gasteiger partial charge in [-0.15, -0.1) is 21.5 Å². The Balaban J connectivity index is 0.715. The van der Waals surface area contributed by atoms with Gasteiger partial charge in [-0.25, -0.2) is 4.68 Å². The number of benzene rings is 3. The van der Waals surface area contributed by atoms with Gasteiger partial charge in [0.25, 0.3) is 5.56 Å². The van der Waals surface area contributed by atoms with Crippen molar-refractivity contribution >= 4 is 62.6 Å². The van der Waals surface area contributed by atoms with Gasteiger partial charge in [-0.2, -0.15) is 5.10 Å². The lowest BCUT2D eigenvalue weighted by Gasteiger charge is -2.24. The van der Waals surface area contributed by atoms with E-state index in [2.05, 4.69) is 51.7 Å². The molecule has 1 saturated heterocycles. The second kappa shape index (κ2) is 20.7. The fourth-order valence-electron chi connectivity index (χ4n) is 7.66. The molecule has 8 rings (SSSR count). The predicted molar refractivity (Wildman–Crippen MR) is 251 cm³/mol. The lowest BCUT2D eigenvalue weighted by Crippen LogP contribution is -2.41. The summed E-state index contributed by atoms with van der Waals surface area (Å²) < 4.78 is 26.1. The summed E-state index contributed by atoms with van der Waals surface area (Å²) in [6.07, 6.45) is 2.75. The normalized spacial score (nSPS) is 15.8. The standard InChI is InChI=1S/C47H50ClN9O7S/c1-28-5-16-40(45(59)51-28)57-46(60)38-25-36(11-8-33(38)27-50-57)49-17-18-61-19-20-62-21-22-63-23-24-64-37-14-12-35(13-15-37)52-41(58)26-39-44-55-54-31(4)56(44)47-42(29(2)30(3)65-47)43(53-39)32-6-9-34(48)10-7-32/h6-15,25,27,39-40,49H,1,5,16-24,26H2,2-4H3,(H,51,59)(H,52,58)/t39-,40?/m0/s1. The molecule has 0 aliphatic carbocycles. The quantitative estimate of drug-likeness (QED) is 0.0708. The molecule has 1 unspecified atom stereocenters. The van der Waals surface area contributed by atoms with Gasteiger partial charge < -0.3 is 34.9 Å². The van der Waals surface area contributed by atoms with Gasteiger partial charge in [0.2, 0.25) is 11.8 Å². The third-order valence-electron chi connectivity index (χ3n) is 11.1. The number of halogens is 1. The summed E-state index contributed by atoms with van der Waals surface area (Å²) in [4.78, 5) is 45.6. The van der Waals surface area contributed by atoms with Crippen molar-refractivity contribution in [3.63, 3.8) is 0 Å². The first kappa shape index (κ1) is 45.3. The molecular weight excluding hydrogens is 870 g/mol. The van der Waals surface area contributed by atoms with Crippen LogP contribution < -0.4 is 26.2 Å². The van der Waals surface area contributed by atoms with E-state index in [1.165, 1.54) is 9.56 Å². The Bertz CT molecular complexity index is 2790. The summed E-state index contributed by atoms with van der Waals surface area (Å²) in [7, 11) is 0. The van der Waals surface area contributed by atoms with E-state index in [-0.39, 0.29) is 23.8 Å². The maximum Gasteiger partial charge on any atom is 0.275 e. The number of carbonyl (C=O) groups is 2. The van der Waals surface area contributed by atoms with E-state index in [1.54, 1.807) is 47.9 Å². The Hall–Kier alpha value is -6.24. The van der Waals surface area contributed by atoms with Gasteiger partial charge in [0.15, 0.2) is 5.82 Å². The molecule has 1 fully saturated rings. The van der Waals surface area contributed by atoms with Crippen LogP contribution in [-0.2, 0) is 23.8 Å². The Morgan fingerprint density at radius 1 is 0.908 bits per heavy atom. The smallest absolute Gasteiger partial charge is 0.275 e. The number of ether oxygens (including phenoxy) is 4. The van der Waals surface area contributed by atoms with Crippen molar-refractivity contribution in [2.45, 2.75) is 52.1 Å². The zero-order valence-electron chi connectivity index (χ0n) is 36.4. The largest absolute Gasteiger partial charge is 0.491 e.